The molecule has 0 aliphatic rings. The van der Waals surface area contributed by atoms with E-state index in [0.29, 0.717) is 17.7 Å². The largest absolute Gasteiger partial charge is 0.462 e. The zero-order chi connectivity index (χ0) is 12.0. The second-order valence-electron chi connectivity index (χ2n) is 3.45. The maximum Gasteiger partial charge on any atom is 0.338 e. The Morgan fingerprint density at radius 3 is 2.56 bits per heavy atom. The van der Waals surface area contributed by atoms with E-state index in [4.69, 9.17) is 15.9 Å². The molecule has 0 radical (unpaired) electrons. The number of carbonyl (C=O) groups excluding carboxylic acids is 1. The maximum atomic E-state index is 11.7. The highest BCUT2D eigenvalue weighted by molar-refractivity contribution is 6.05. The highest BCUT2D eigenvalue weighted by atomic mass is 16.5. The number of ether oxygens (including phenoxy) is 1. The smallest absolute Gasteiger partial charge is 0.338 e. The minimum absolute atomic E-state index is 0.122. The van der Waals surface area contributed by atoms with Gasteiger partial charge in [0.05, 0.1) is 12.2 Å². The van der Waals surface area contributed by atoms with Gasteiger partial charge in [-0.25, -0.2) is 4.79 Å². The number of nitrogen functional groups attached to an aromatic ring is 1. The number of benzene rings is 1. The fourth-order valence-electron chi connectivity index (χ4n) is 1.28. The Kier molecular flexibility index (Phi) is 4.51. The fraction of sp³-hybridized carbons (Fsp3) is 0.333. The van der Waals surface area contributed by atoms with Crippen LogP contribution in [0.3, 0.4) is 0 Å². The quantitative estimate of drug-likeness (QED) is 0.344. The van der Waals surface area contributed by atoms with Gasteiger partial charge in [-0.3, -0.25) is 5.41 Å². The summed E-state index contributed by atoms with van der Waals surface area (Å²) in [6.45, 7) is 2.43. The third kappa shape index (κ3) is 3.08. The summed E-state index contributed by atoms with van der Waals surface area (Å²) in [6.07, 6.45) is 1.82. The molecule has 1 rings (SSSR count). The standard InChI is InChI=1S/C12H16N2O2/c1-2-3-8-16-12(15)10-7-5-4-6-9(10)11(13)14/h4-7H,2-3,8H2,1H3,(H3,13,14). The molecule has 0 unspecified atom stereocenters. The minimum Gasteiger partial charge on any atom is -0.462 e. The molecule has 1 aromatic carbocycles. The van der Waals surface area contributed by atoms with Crippen LogP contribution in [-0.2, 0) is 4.74 Å². The van der Waals surface area contributed by atoms with Gasteiger partial charge in [-0.2, -0.15) is 0 Å². The van der Waals surface area contributed by atoms with Crippen molar-refractivity contribution < 1.29 is 9.53 Å². The Morgan fingerprint density at radius 1 is 1.38 bits per heavy atom. The molecule has 4 nitrogen and oxygen atoms in total. The average Bonchev–Trinajstić information content (AvgIpc) is 2.29. The second-order valence-corrected chi connectivity index (χ2v) is 3.45. The SMILES string of the molecule is CCCCOC(=O)c1ccccc1C(=N)N. The number of nitrogens with two attached hydrogens (primary N) is 1. The number of hydrogen-bond donors (Lipinski definition) is 2. The first kappa shape index (κ1) is 12.2. The Bertz CT molecular complexity index is 388. The molecule has 0 saturated heterocycles. The molecule has 0 saturated carbocycles. The van der Waals surface area contributed by atoms with E-state index in [0.717, 1.165) is 12.8 Å². The minimum atomic E-state index is -0.417. The number of unbranched alkanes of at least 4 members (excludes halogenated alkanes) is 1. The van der Waals surface area contributed by atoms with Gasteiger partial charge in [0, 0.05) is 5.56 Å². The van der Waals surface area contributed by atoms with Crippen LogP contribution >= 0.6 is 0 Å². The van der Waals surface area contributed by atoms with Crippen LogP contribution in [-0.4, -0.2) is 18.4 Å². The molecule has 86 valence electrons. The van der Waals surface area contributed by atoms with Crippen molar-refractivity contribution >= 4 is 11.8 Å². The van der Waals surface area contributed by atoms with Crippen molar-refractivity contribution in [2.45, 2.75) is 19.8 Å². The first-order chi connectivity index (χ1) is 7.66. The Labute approximate surface area is 94.9 Å². The molecule has 0 amide bonds. The van der Waals surface area contributed by atoms with E-state index in [9.17, 15) is 4.79 Å². The number of carbonyl (C=O) groups is 1. The van der Waals surface area contributed by atoms with Crippen LogP contribution in [0.2, 0.25) is 0 Å². The molecule has 1 aromatic rings. The van der Waals surface area contributed by atoms with Crippen LogP contribution < -0.4 is 5.73 Å². The van der Waals surface area contributed by atoms with Gasteiger partial charge >= 0.3 is 5.97 Å². The number of nitrogens with one attached hydrogen (secondary N) is 1. The lowest BCUT2D eigenvalue weighted by Crippen LogP contribution is -2.17. The van der Waals surface area contributed by atoms with E-state index in [1.54, 1.807) is 24.3 Å². The summed E-state index contributed by atoms with van der Waals surface area (Å²) in [4.78, 5) is 11.7. The summed E-state index contributed by atoms with van der Waals surface area (Å²) in [7, 11) is 0. The molecule has 3 N–H and O–H groups in total. The topological polar surface area (TPSA) is 76.2 Å². The molecule has 0 atom stereocenters. The summed E-state index contributed by atoms with van der Waals surface area (Å²) in [5, 5.41) is 7.35. The normalized spacial score (nSPS) is 9.81. The molecule has 0 aliphatic heterocycles. The first-order valence-corrected chi connectivity index (χ1v) is 5.27. The highest BCUT2D eigenvalue weighted by Crippen LogP contribution is 2.09. The third-order valence-electron chi connectivity index (χ3n) is 2.17. The fourth-order valence-corrected chi connectivity index (χ4v) is 1.28. The van der Waals surface area contributed by atoms with Crippen molar-refractivity contribution in [3.8, 4) is 0 Å². The lowest BCUT2D eigenvalue weighted by Gasteiger charge is -2.07. The predicted molar refractivity (Wildman–Crippen MR) is 62.6 cm³/mol. The Morgan fingerprint density at radius 2 is 2.00 bits per heavy atom. The molecule has 4 heteroatoms. The molecule has 16 heavy (non-hydrogen) atoms. The maximum absolute atomic E-state index is 11.7. The third-order valence-corrected chi connectivity index (χ3v) is 2.17. The van der Waals surface area contributed by atoms with Crippen LogP contribution in [0.5, 0.6) is 0 Å². The Balaban J connectivity index is 2.78. The lowest BCUT2D eigenvalue weighted by molar-refractivity contribution is 0.0499. The number of hydrogen-bond acceptors (Lipinski definition) is 3. The van der Waals surface area contributed by atoms with E-state index in [1.807, 2.05) is 6.92 Å². The summed E-state index contributed by atoms with van der Waals surface area (Å²) in [5.41, 5.74) is 6.16. The van der Waals surface area contributed by atoms with E-state index in [1.165, 1.54) is 0 Å². The van der Waals surface area contributed by atoms with E-state index in [2.05, 4.69) is 0 Å². The van der Waals surface area contributed by atoms with Gasteiger partial charge in [0.15, 0.2) is 0 Å². The van der Waals surface area contributed by atoms with Crippen LogP contribution in [0.25, 0.3) is 0 Å². The average molecular weight is 220 g/mol. The molecular weight excluding hydrogens is 204 g/mol. The number of esters is 1. The van der Waals surface area contributed by atoms with Crippen LogP contribution in [0.1, 0.15) is 35.7 Å². The molecular formula is C12H16N2O2. The van der Waals surface area contributed by atoms with Gasteiger partial charge in [-0.1, -0.05) is 31.5 Å². The zero-order valence-electron chi connectivity index (χ0n) is 9.32. The van der Waals surface area contributed by atoms with Crippen LogP contribution in [0.15, 0.2) is 24.3 Å². The molecule has 0 aromatic heterocycles. The number of amidine groups is 1. The molecule has 0 spiro atoms. The van der Waals surface area contributed by atoms with Gasteiger partial charge in [0.2, 0.25) is 0 Å². The molecule has 0 bridgehead atoms. The van der Waals surface area contributed by atoms with Crippen molar-refractivity contribution in [1.29, 1.82) is 5.41 Å². The summed E-state index contributed by atoms with van der Waals surface area (Å²) in [5.74, 6) is -0.540. The van der Waals surface area contributed by atoms with Crippen LogP contribution in [0, 0.1) is 5.41 Å². The van der Waals surface area contributed by atoms with Gasteiger partial charge in [-0.05, 0) is 12.5 Å². The van der Waals surface area contributed by atoms with Crippen molar-refractivity contribution in [3.63, 3.8) is 0 Å². The predicted octanol–water partition coefficient (Wildman–Crippen LogP) is 1.93. The van der Waals surface area contributed by atoms with Crippen molar-refractivity contribution in [3.05, 3.63) is 35.4 Å². The van der Waals surface area contributed by atoms with Crippen molar-refractivity contribution in [2.24, 2.45) is 5.73 Å². The van der Waals surface area contributed by atoms with E-state index < -0.39 is 5.97 Å². The van der Waals surface area contributed by atoms with E-state index in [-0.39, 0.29) is 5.84 Å². The lowest BCUT2D eigenvalue weighted by atomic mass is 10.1. The summed E-state index contributed by atoms with van der Waals surface area (Å²) in [6, 6.07) is 6.71. The van der Waals surface area contributed by atoms with Gasteiger partial charge < -0.3 is 10.5 Å². The van der Waals surface area contributed by atoms with Crippen molar-refractivity contribution in [2.75, 3.05) is 6.61 Å². The molecule has 0 fully saturated rings. The Hall–Kier alpha value is -1.84. The van der Waals surface area contributed by atoms with Gasteiger partial charge in [0.25, 0.3) is 0 Å². The number of rotatable bonds is 5. The molecule has 0 aliphatic carbocycles. The van der Waals surface area contributed by atoms with Gasteiger partial charge in [-0.15, -0.1) is 0 Å². The highest BCUT2D eigenvalue weighted by Gasteiger charge is 2.13. The van der Waals surface area contributed by atoms with E-state index >= 15 is 0 Å². The van der Waals surface area contributed by atoms with Gasteiger partial charge in [0.1, 0.15) is 5.84 Å². The zero-order valence-corrected chi connectivity index (χ0v) is 9.32. The van der Waals surface area contributed by atoms with Crippen molar-refractivity contribution in [1.82, 2.24) is 0 Å². The van der Waals surface area contributed by atoms with Crippen LogP contribution in [0.4, 0.5) is 0 Å². The summed E-state index contributed by atoms with van der Waals surface area (Å²) >= 11 is 0. The molecule has 0 heterocycles. The first-order valence-electron chi connectivity index (χ1n) is 5.27. The second kappa shape index (κ2) is 5.90. The summed E-state index contributed by atoms with van der Waals surface area (Å²) < 4.78 is 5.07. The monoisotopic (exact) mass is 220 g/mol.